The van der Waals surface area contributed by atoms with E-state index in [4.69, 9.17) is 9.84 Å². The number of benzene rings is 1. The Labute approximate surface area is 168 Å². The number of fused-ring (bicyclic) bond motifs is 1. The van der Waals surface area contributed by atoms with Gasteiger partial charge in [-0.15, -0.1) is 0 Å². The highest BCUT2D eigenvalue weighted by atomic mass is 16.5. The third-order valence-corrected chi connectivity index (χ3v) is 5.76. The smallest absolute Gasteiger partial charge is 0.251 e. The molecule has 28 heavy (non-hydrogen) atoms. The van der Waals surface area contributed by atoms with E-state index >= 15 is 0 Å². The van der Waals surface area contributed by atoms with Crippen molar-refractivity contribution in [2.75, 3.05) is 13.2 Å². The lowest BCUT2D eigenvalue weighted by atomic mass is 9.91. The Morgan fingerprint density at radius 1 is 1.21 bits per heavy atom. The van der Waals surface area contributed by atoms with Crippen LogP contribution in [-0.2, 0) is 11.3 Å². The minimum atomic E-state index is -0.0421. The summed E-state index contributed by atoms with van der Waals surface area (Å²) >= 11 is 0. The molecule has 0 atom stereocenters. The molecule has 1 saturated carbocycles. The van der Waals surface area contributed by atoms with Crippen molar-refractivity contribution in [2.45, 2.75) is 78.4 Å². The van der Waals surface area contributed by atoms with E-state index in [1.54, 1.807) is 0 Å². The zero-order chi connectivity index (χ0) is 19.9. The molecule has 0 saturated heterocycles. The Morgan fingerprint density at radius 2 is 1.93 bits per heavy atom. The molecular weight excluding hydrogens is 350 g/mol. The highest BCUT2D eigenvalue weighted by Gasteiger charge is 2.16. The third-order valence-electron chi connectivity index (χ3n) is 5.76. The van der Waals surface area contributed by atoms with Crippen LogP contribution in [0, 0.1) is 12.8 Å². The summed E-state index contributed by atoms with van der Waals surface area (Å²) in [5.74, 6) is 0.679. The number of amides is 1. The molecule has 5 nitrogen and oxygen atoms in total. The quantitative estimate of drug-likeness (QED) is 0.693. The van der Waals surface area contributed by atoms with Gasteiger partial charge in [0, 0.05) is 30.2 Å². The molecule has 5 heteroatoms. The molecule has 0 aliphatic heterocycles. The van der Waals surface area contributed by atoms with Crippen LogP contribution in [-0.4, -0.2) is 34.9 Å². The van der Waals surface area contributed by atoms with Crippen LogP contribution in [0.4, 0.5) is 0 Å². The Bertz CT molecular complexity index is 773. The van der Waals surface area contributed by atoms with Crippen LogP contribution in [0.3, 0.4) is 0 Å². The Morgan fingerprint density at radius 3 is 2.64 bits per heavy atom. The summed E-state index contributed by atoms with van der Waals surface area (Å²) in [6, 6.07) is 3.86. The average molecular weight is 386 g/mol. The van der Waals surface area contributed by atoms with Gasteiger partial charge < -0.3 is 10.1 Å². The molecule has 2 aromatic rings. The first kappa shape index (κ1) is 20.8. The molecule has 1 amide bonds. The van der Waals surface area contributed by atoms with Gasteiger partial charge in [0.15, 0.2) is 0 Å². The number of hydrogen-bond donors (Lipinski definition) is 1. The van der Waals surface area contributed by atoms with E-state index < -0.39 is 0 Å². The van der Waals surface area contributed by atoms with Gasteiger partial charge in [-0.1, -0.05) is 32.1 Å². The van der Waals surface area contributed by atoms with Crippen molar-refractivity contribution in [2.24, 2.45) is 5.92 Å². The van der Waals surface area contributed by atoms with Crippen molar-refractivity contribution >= 4 is 16.8 Å². The van der Waals surface area contributed by atoms with Gasteiger partial charge in [0.05, 0.1) is 18.2 Å². The van der Waals surface area contributed by atoms with Crippen molar-refractivity contribution in [1.82, 2.24) is 15.1 Å². The lowest BCUT2D eigenvalue weighted by Gasteiger charge is -2.19. The zero-order valence-corrected chi connectivity index (χ0v) is 17.7. The number of ether oxygens (including phenoxy) is 1. The maximum Gasteiger partial charge on any atom is 0.251 e. The molecule has 0 spiro atoms. The first-order chi connectivity index (χ1) is 13.5. The molecule has 1 fully saturated rings. The van der Waals surface area contributed by atoms with E-state index in [2.05, 4.69) is 16.2 Å². The van der Waals surface area contributed by atoms with Crippen molar-refractivity contribution in [3.63, 3.8) is 0 Å². The molecule has 3 rings (SSSR count). The monoisotopic (exact) mass is 385 g/mol. The molecule has 1 heterocycles. The van der Waals surface area contributed by atoms with Gasteiger partial charge in [-0.3, -0.25) is 9.48 Å². The van der Waals surface area contributed by atoms with Crippen LogP contribution in [0.5, 0.6) is 0 Å². The summed E-state index contributed by atoms with van der Waals surface area (Å²) in [5, 5.41) is 8.82. The number of carbonyl (C=O) groups is 1. The van der Waals surface area contributed by atoms with Gasteiger partial charge in [-0.05, 0) is 57.2 Å². The molecule has 1 aromatic heterocycles. The fourth-order valence-corrected chi connectivity index (χ4v) is 4.16. The second-order valence-corrected chi connectivity index (χ2v) is 8.41. The number of aryl methyl sites for hydroxylation is 1. The van der Waals surface area contributed by atoms with E-state index in [-0.39, 0.29) is 12.0 Å². The first-order valence-electron chi connectivity index (χ1n) is 10.9. The van der Waals surface area contributed by atoms with Crippen LogP contribution >= 0.6 is 0 Å². The summed E-state index contributed by atoms with van der Waals surface area (Å²) in [4.78, 5) is 12.6. The Kier molecular flexibility index (Phi) is 7.49. The van der Waals surface area contributed by atoms with E-state index in [0.29, 0.717) is 13.2 Å². The predicted octanol–water partition coefficient (Wildman–Crippen LogP) is 4.86. The Balaban J connectivity index is 1.66. The van der Waals surface area contributed by atoms with Gasteiger partial charge >= 0.3 is 0 Å². The molecule has 0 bridgehead atoms. The molecule has 0 radical (unpaired) electrons. The van der Waals surface area contributed by atoms with Crippen molar-refractivity contribution in [1.29, 1.82) is 0 Å². The number of hydrogen-bond acceptors (Lipinski definition) is 3. The summed E-state index contributed by atoms with van der Waals surface area (Å²) in [7, 11) is 0. The predicted molar refractivity (Wildman–Crippen MR) is 114 cm³/mol. The lowest BCUT2D eigenvalue weighted by molar-refractivity contribution is 0.0746. The molecule has 1 aromatic carbocycles. The molecule has 1 N–H and O–H groups in total. The second-order valence-electron chi connectivity index (χ2n) is 8.41. The largest absolute Gasteiger partial charge is 0.377 e. The fourth-order valence-electron chi connectivity index (χ4n) is 4.16. The standard InChI is InChI=1S/C23H35N3O2/c1-17(2)28-14-13-24-23(27)20-11-12-22-21(18(20)3)16-26(25-22)15-19-9-7-5-4-6-8-10-19/h11-12,16-17,19H,4-10,13-15H2,1-3H3,(H,24,27). The minimum absolute atomic E-state index is 0.0421. The van der Waals surface area contributed by atoms with Crippen LogP contribution in [0.15, 0.2) is 18.3 Å². The van der Waals surface area contributed by atoms with E-state index in [9.17, 15) is 4.79 Å². The SMILES string of the molecule is Cc1c(C(=O)NCCOC(C)C)ccc2nn(CC3CCCCCCC3)cc12. The number of carbonyl (C=O) groups excluding carboxylic acids is 1. The van der Waals surface area contributed by atoms with Crippen LogP contribution in [0.2, 0.25) is 0 Å². The molecule has 1 aliphatic rings. The molecule has 0 unspecified atom stereocenters. The zero-order valence-electron chi connectivity index (χ0n) is 17.7. The van der Waals surface area contributed by atoms with Crippen LogP contribution in [0.1, 0.15) is 74.7 Å². The van der Waals surface area contributed by atoms with Gasteiger partial charge in [0.2, 0.25) is 0 Å². The molecule has 154 valence electrons. The molecular formula is C23H35N3O2. The second kappa shape index (κ2) is 10.1. The van der Waals surface area contributed by atoms with Gasteiger partial charge in [-0.25, -0.2) is 0 Å². The summed E-state index contributed by atoms with van der Waals surface area (Å²) in [5.41, 5.74) is 2.70. The number of nitrogens with zero attached hydrogens (tertiary/aromatic N) is 2. The van der Waals surface area contributed by atoms with Crippen molar-refractivity contribution < 1.29 is 9.53 Å². The first-order valence-corrected chi connectivity index (χ1v) is 10.9. The highest BCUT2D eigenvalue weighted by Crippen LogP contribution is 2.26. The van der Waals surface area contributed by atoms with E-state index in [0.717, 1.165) is 34.5 Å². The number of rotatable bonds is 7. The minimum Gasteiger partial charge on any atom is -0.377 e. The summed E-state index contributed by atoms with van der Waals surface area (Å²) in [6.45, 7) is 8.05. The average Bonchev–Trinajstić information content (AvgIpc) is 3.04. The number of aromatic nitrogens is 2. The van der Waals surface area contributed by atoms with E-state index in [1.807, 2.05) is 32.9 Å². The fraction of sp³-hybridized carbons (Fsp3) is 0.652. The van der Waals surface area contributed by atoms with Gasteiger partial charge in [-0.2, -0.15) is 5.10 Å². The van der Waals surface area contributed by atoms with Gasteiger partial charge in [0.25, 0.3) is 5.91 Å². The van der Waals surface area contributed by atoms with Crippen LogP contribution in [0.25, 0.3) is 10.9 Å². The topological polar surface area (TPSA) is 56.1 Å². The lowest BCUT2D eigenvalue weighted by Crippen LogP contribution is -2.28. The van der Waals surface area contributed by atoms with Crippen molar-refractivity contribution in [3.8, 4) is 0 Å². The van der Waals surface area contributed by atoms with E-state index in [1.165, 1.54) is 44.9 Å². The normalized spacial score (nSPS) is 16.3. The van der Waals surface area contributed by atoms with Crippen LogP contribution < -0.4 is 5.32 Å². The highest BCUT2D eigenvalue weighted by molar-refractivity contribution is 6.00. The maximum atomic E-state index is 12.6. The number of nitrogens with one attached hydrogen (secondary N) is 1. The van der Waals surface area contributed by atoms with Gasteiger partial charge in [0.1, 0.15) is 0 Å². The summed E-state index contributed by atoms with van der Waals surface area (Å²) < 4.78 is 7.59. The third kappa shape index (κ3) is 5.57. The Hall–Kier alpha value is -1.88. The molecule has 1 aliphatic carbocycles. The summed E-state index contributed by atoms with van der Waals surface area (Å²) in [6.07, 6.45) is 11.7. The maximum absolute atomic E-state index is 12.6. The van der Waals surface area contributed by atoms with Crippen molar-refractivity contribution in [3.05, 3.63) is 29.5 Å².